The van der Waals surface area contributed by atoms with Crippen LogP contribution in [0.1, 0.15) is 23.3 Å². The molecule has 0 amide bonds. The number of hydrogen-bond acceptors (Lipinski definition) is 2. The summed E-state index contributed by atoms with van der Waals surface area (Å²) in [5, 5.41) is 3.44. The number of aryl methyl sites for hydroxylation is 1. The second kappa shape index (κ2) is 6.73. The summed E-state index contributed by atoms with van der Waals surface area (Å²) < 4.78 is 12.6. The first-order valence-electron chi connectivity index (χ1n) is 11.1. The van der Waals surface area contributed by atoms with E-state index >= 15 is 0 Å². The normalized spacial score (nSPS) is 13.6. The summed E-state index contributed by atoms with van der Waals surface area (Å²) in [6.45, 7) is 0. The SMILES string of the molecule is C1=C(c2ccccc2)CCc2oc3ccc4oc5ccc(-c6ccccc6)cc5c4c3c21. The quantitative estimate of drug-likeness (QED) is 0.285. The predicted octanol–water partition coefficient (Wildman–Crippen LogP) is 8.49. The van der Waals surface area contributed by atoms with Crippen LogP contribution in [0.3, 0.4) is 0 Å². The van der Waals surface area contributed by atoms with Crippen LogP contribution in [0, 0.1) is 0 Å². The minimum Gasteiger partial charge on any atom is -0.460 e. The lowest BCUT2D eigenvalue weighted by atomic mass is 9.90. The first kappa shape index (κ1) is 17.6. The Balaban J connectivity index is 1.53. The van der Waals surface area contributed by atoms with Crippen LogP contribution in [0.5, 0.6) is 0 Å². The Labute approximate surface area is 185 Å². The van der Waals surface area contributed by atoms with Crippen molar-refractivity contribution in [3.8, 4) is 11.1 Å². The summed E-state index contributed by atoms with van der Waals surface area (Å²) in [7, 11) is 0. The molecule has 0 saturated heterocycles. The van der Waals surface area contributed by atoms with Crippen LogP contribution in [0.4, 0.5) is 0 Å². The molecule has 2 heterocycles. The van der Waals surface area contributed by atoms with E-state index in [0.717, 1.165) is 51.5 Å². The highest BCUT2D eigenvalue weighted by atomic mass is 16.3. The zero-order valence-corrected chi connectivity index (χ0v) is 17.5. The van der Waals surface area contributed by atoms with Crippen molar-refractivity contribution in [3.63, 3.8) is 0 Å². The van der Waals surface area contributed by atoms with Gasteiger partial charge in [-0.2, -0.15) is 0 Å². The second-order valence-corrected chi connectivity index (χ2v) is 8.47. The van der Waals surface area contributed by atoms with E-state index in [1.165, 1.54) is 27.8 Å². The highest BCUT2D eigenvalue weighted by Crippen LogP contribution is 2.43. The van der Waals surface area contributed by atoms with Crippen LogP contribution in [-0.2, 0) is 6.42 Å². The number of furan rings is 2. The van der Waals surface area contributed by atoms with E-state index in [0.29, 0.717) is 0 Å². The Morgan fingerprint density at radius 3 is 2.00 bits per heavy atom. The zero-order valence-electron chi connectivity index (χ0n) is 17.5. The molecule has 0 N–H and O–H groups in total. The van der Waals surface area contributed by atoms with Crippen molar-refractivity contribution in [1.82, 2.24) is 0 Å². The van der Waals surface area contributed by atoms with Crippen molar-refractivity contribution in [3.05, 3.63) is 108 Å². The Morgan fingerprint density at radius 2 is 1.22 bits per heavy atom. The van der Waals surface area contributed by atoms with Crippen LogP contribution in [0.15, 0.2) is 99.8 Å². The molecule has 7 rings (SSSR count). The molecule has 2 aromatic heterocycles. The molecular formula is C30H20O2. The summed E-state index contributed by atoms with van der Waals surface area (Å²) >= 11 is 0. The molecule has 0 spiro atoms. The van der Waals surface area contributed by atoms with Gasteiger partial charge in [0.25, 0.3) is 0 Å². The Bertz CT molecular complexity index is 1650. The molecule has 0 atom stereocenters. The van der Waals surface area contributed by atoms with E-state index in [1.807, 2.05) is 18.2 Å². The maximum absolute atomic E-state index is 6.33. The lowest BCUT2D eigenvalue weighted by molar-refractivity contribution is 0.547. The first-order valence-corrected chi connectivity index (χ1v) is 11.1. The summed E-state index contributed by atoms with van der Waals surface area (Å²) in [6, 6.07) is 31.7. The third-order valence-electron chi connectivity index (χ3n) is 6.59. The number of benzene rings is 4. The Morgan fingerprint density at radius 1 is 0.531 bits per heavy atom. The van der Waals surface area contributed by atoms with E-state index in [4.69, 9.17) is 8.83 Å². The topological polar surface area (TPSA) is 26.3 Å². The fourth-order valence-electron chi connectivity index (χ4n) is 5.05. The Kier molecular flexibility index (Phi) is 3.71. The molecule has 1 aliphatic rings. The summed E-state index contributed by atoms with van der Waals surface area (Å²) in [6.07, 6.45) is 4.22. The van der Waals surface area contributed by atoms with Gasteiger partial charge in [-0.1, -0.05) is 66.7 Å². The fourth-order valence-corrected chi connectivity index (χ4v) is 5.05. The monoisotopic (exact) mass is 412 g/mol. The van der Waals surface area contributed by atoms with Gasteiger partial charge in [-0.25, -0.2) is 0 Å². The van der Waals surface area contributed by atoms with Crippen LogP contribution in [0.2, 0.25) is 0 Å². The lowest BCUT2D eigenvalue weighted by Gasteiger charge is -2.13. The number of allylic oxidation sites excluding steroid dienone is 1. The first-order chi connectivity index (χ1) is 15.8. The van der Waals surface area contributed by atoms with Gasteiger partial charge in [0.15, 0.2) is 0 Å². The molecule has 1 aliphatic carbocycles. The van der Waals surface area contributed by atoms with Crippen LogP contribution in [-0.4, -0.2) is 0 Å². The molecule has 152 valence electrons. The average Bonchev–Trinajstić information content (AvgIpc) is 3.42. The van der Waals surface area contributed by atoms with Gasteiger partial charge in [-0.15, -0.1) is 0 Å². The number of rotatable bonds is 2. The van der Waals surface area contributed by atoms with Crippen molar-refractivity contribution < 1.29 is 8.83 Å². The molecule has 6 aromatic rings. The number of hydrogen-bond donors (Lipinski definition) is 0. The van der Waals surface area contributed by atoms with Crippen LogP contribution < -0.4 is 0 Å². The van der Waals surface area contributed by atoms with Crippen molar-refractivity contribution in [2.24, 2.45) is 0 Å². The van der Waals surface area contributed by atoms with E-state index in [1.54, 1.807) is 0 Å². The van der Waals surface area contributed by atoms with Crippen LogP contribution in [0.25, 0.3) is 55.7 Å². The molecule has 0 fully saturated rings. The molecule has 0 aliphatic heterocycles. The Hall–Kier alpha value is -4.04. The molecule has 0 saturated carbocycles. The molecule has 4 aromatic carbocycles. The van der Waals surface area contributed by atoms with Gasteiger partial charge in [0.2, 0.25) is 0 Å². The molecule has 2 nitrogen and oxygen atoms in total. The van der Waals surface area contributed by atoms with Gasteiger partial charge in [-0.3, -0.25) is 0 Å². The van der Waals surface area contributed by atoms with Crippen molar-refractivity contribution in [2.75, 3.05) is 0 Å². The molecule has 0 unspecified atom stereocenters. The van der Waals surface area contributed by atoms with E-state index in [9.17, 15) is 0 Å². The number of fused-ring (bicyclic) bond motifs is 7. The highest BCUT2D eigenvalue weighted by molar-refractivity contribution is 6.21. The minimum atomic E-state index is 0.904. The predicted molar refractivity (Wildman–Crippen MR) is 132 cm³/mol. The third kappa shape index (κ3) is 2.59. The second-order valence-electron chi connectivity index (χ2n) is 8.47. The molecule has 0 bridgehead atoms. The van der Waals surface area contributed by atoms with Gasteiger partial charge >= 0.3 is 0 Å². The summed E-state index contributed by atoms with van der Waals surface area (Å²) in [4.78, 5) is 0. The van der Waals surface area contributed by atoms with Gasteiger partial charge in [0, 0.05) is 28.1 Å². The van der Waals surface area contributed by atoms with Crippen LogP contribution >= 0.6 is 0 Å². The van der Waals surface area contributed by atoms with Crippen molar-refractivity contribution in [1.29, 1.82) is 0 Å². The van der Waals surface area contributed by atoms with Gasteiger partial charge in [0.05, 0.1) is 0 Å². The average molecular weight is 412 g/mol. The molecular weight excluding hydrogens is 392 g/mol. The van der Waals surface area contributed by atoms with Gasteiger partial charge in [-0.05, 0) is 59.0 Å². The van der Waals surface area contributed by atoms with Gasteiger partial charge < -0.3 is 8.83 Å². The van der Waals surface area contributed by atoms with Crippen molar-refractivity contribution >= 4 is 44.6 Å². The van der Waals surface area contributed by atoms with E-state index in [-0.39, 0.29) is 0 Å². The van der Waals surface area contributed by atoms with Gasteiger partial charge in [0.1, 0.15) is 22.5 Å². The summed E-state index contributed by atoms with van der Waals surface area (Å²) in [5.74, 6) is 1.07. The highest BCUT2D eigenvalue weighted by Gasteiger charge is 2.23. The maximum atomic E-state index is 6.33. The fraction of sp³-hybridized carbons (Fsp3) is 0.0667. The molecule has 32 heavy (non-hydrogen) atoms. The summed E-state index contributed by atoms with van der Waals surface area (Å²) in [5.41, 5.74) is 8.97. The third-order valence-corrected chi connectivity index (χ3v) is 6.59. The largest absolute Gasteiger partial charge is 0.460 e. The molecule has 2 heteroatoms. The minimum absolute atomic E-state index is 0.904. The zero-order chi connectivity index (χ0) is 21.1. The van der Waals surface area contributed by atoms with E-state index < -0.39 is 0 Å². The molecule has 0 radical (unpaired) electrons. The maximum Gasteiger partial charge on any atom is 0.136 e. The standard InChI is InChI=1S/C30H20O2/c1-3-7-19(8-4-1)21-11-13-25-23(17-21)29-27(31-25)15-16-28-30(29)24-18-22(12-14-26(24)32-28)20-9-5-2-6-10-20/h1-11,13,15-18H,12,14H2. The van der Waals surface area contributed by atoms with Crippen molar-refractivity contribution in [2.45, 2.75) is 12.8 Å². The lowest BCUT2D eigenvalue weighted by Crippen LogP contribution is -1.96. The van der Waals surface area contributed by atoms with E-state index in [2.05, 4.69) is 78.9 Å². The smallest absolute Gasteiger partial charge is 0.136 e.